The van der Waals surface area contributed by atoms with Gasteiger partial charge in [-0.25, -0.2) is 0 Å². The standard InChI is InChI=1S/C5H4BrN5O/c6-2-1-3(11-10-2)8-5(7)9-4(1)12/h(H4,7,8,9,10,11,12). The average Bonchev–Trinajstić information content (AvgIpc) is 2.31. The van der Waals surface area contributed by atoms with E-state index in [1.165, 1.54) is 0 Å². The highest BCUT2D eigenvalue weighted by Gasteiger charge is 2.08. The van der Waals surface area contributed by atoms with Crippen molar-refractivity contribution >= 4 is 32.9 Å². The molecule has 0 saturated heterocycles. The molecule has 0 bridgehead atoms. The molecule has 0 unspecified atom stereocenters. The molecule has 2 heterocycles. The summed E-state index contributed by atoms with van der Waals surface area (Å²) in [5.74, 6) is 0.0616. The lowest BCUT2D eigenvalue weighted by Crippen LogP contribution is -2.10. The van der Waals surface area contributed by atoms with Crippen molar-refractivity contribution < 1.29 is 0 Å². The van der Waals surface area contributed by atoms with E-state index in [2.05, 4.69) is 36.1 Å². The first-order valence-corrected chi connectivity index (χ1v) is 3.87. The smallest absolute Gasteiger partial charge is 0.264 e. The van der Waals surface area contributed by atoms with Crippen LogP contribution in [-0.4, -0.2) is 20.2 Å². The normalized spacial score (nSPS) is 10.8. The monoisotopic (exact) mass is 229 g/mol. The van der Waals surface area contributed by atoms with Crippen LogP contribution in [0.2, 0.25) is 0 Å². The van der Waals surface area contributed by atoms with E-state index in [4.69, 9.17) is 5.73 Å². The minimum atomic E-state index is -0.307. The summed E-state index contributed by atoms with van der Waals surface area (Å²) in [6, 6.07) is 0. The van der Waals surface area contributed by atoms with Crippen LogP contribution in [-0.2, 0) is 0 Å². The molecule has 4 N–H and O–H groups in total. The summed E-state index contributed by atoms with van der Waals surface area (Å²) >= 11 is 3.12. The highest BCUT2D eigenvalue weighted by molar-refractivity contribution is 9.10. The fourth-order valence-corrected chi connectivity index (χ4v) is 1.36. The molecule has 62 valence electrons. The lowest BCUT2D eigenvalue weighted by Gasteiger charge is -1.89. The Morgan fingerprint density at radius 2 is 2.25 bits per heavy atom. The van der Waals surface area contributed by atoms with Gasteiger partial charge < -0.3 is 5.73 Å². The van der Waals surface area contributed by atoms with E-state index in [0.717, 1.165) is 0 Å². The second-order valence-electron chi connectivity index (χ2n) is 2.19. The minimum Gasteiger partial charge on any atom is -0.369 e. The van der Waals surface area contributed by atoms with E-state index in [1.54, 1.807) is 0 Å². The van der Waals surface area contributed by atoms with Crippen LogP contribution in [0, 0.1) is 0 Å². The SMILES string of the molecule is Nc1nc2n[nH]c(Br)c2c(=O)[nH]1. The van der Waals surface area contributed by atoms with Gasteiger partial charge in [-0.2, -0.15) is 10.1 Å². The number of H-pyrrole nitrogens is 2. The van der Waals surface area contributed by atoms with E-state index in [-0.39, 0.29) is 11.5 Å². The lowest BCUT2D eigenvalue weighted by molar-refractivity contribution is 1.07. The first kappa shape index (κ1) is 7.29. The Morgan fingerprint density at radius 1 is 1.50 bits per heavy atom. The van der Waals surface area contributed by atoms with E-state index < -0.39 is 0 Å². The number of nitrogen functional groups attached to an aromatic ring is 1. The number of rotatable bonds is 0. The van der Waals surface area contributed by atoms with Crippen LogP contribution in [0.25, 0.3) is 11.0 Å². The largest absolute Gasteiger partial charge is 0.369 e. The molecule has 0 spiro atoms. The van der Waals surface area contributed by atoms with Gasteiger partial charge in [0.15, 0.2) is 5.65 Å². The Hall–Kier alpha value is -1.37. The Labute approximate surface area is 74.3 Å². The molecule has 0 aromatic carbocycles. The van der Waals surface area contributed by atoms with E-state index in [1.807, 2.05) is 0 Å². The fraction of sp³-hybridized carbons (Fsp3) is 0. The van der Waals surface area contributed by atoms with Gasteiger partial charge in [-0.15, -0.1) is 0 Å². The van der Waals surface area contributed by atoms with Gasteiger partial charge in [0.1, 0.15) is 9.99 Å². The zero-order valence-corrected chi connectivity index (χ0v) is 7.34. The zero-order chi connectivity index (χ0) is 8.72. The molecule has 0 amide bonds. The molecular formula is C5H4BrN5O. The van der Waals surface area contributed by atoms with E-state index in [0.29, 0.717) is 15.6 Å². The summed E-state index contributed by atoms with van der Waals surface area (Å²) < 4.78 is 0.506. The maximum absolute atomic E-state index is 11.2. The lowest BCUT2D eigenvalue weighted by atomic mass is 10.4. The third-order valence-corrected chi connectivity index (χ3v) is 1.97. The minimum absolute atomic E-state index is 0.0616. The number of fused-ring (bicyclic) bond motifs is 1. The third kappa shape index (κ3) is 0.900. The molecule has 2 aromatic heterocycles. The maximum Gasteiger partial charge on any atom is 0.264 e. The second-order valence-corrected chi connectivity index (χ2v) is 2.98. The molecule has 0 radical (unpaired) electrons. The molecule has 7 heteroatoms. The van der Waals surface area contributed by atoms with E-state index >= 15 is 0 Å². The summed E-state index contributed by atoms with van der Waals surface area (Å²) in [6.45, 7) is 0. The quantitative estimate of drug-likeness (QED) is 0.592. The molecule has 0 atom stereocenters. The summed E-state index contributed by atoms with van der Waals surface area (Å²) in [6.07, 6.45) is 0. The zero-order valence-electron chi connectivity index (χ0n) is 5.76. The summed E-state index contributed by atoms with van der Waals surface area (Å²) in [5.41, 5.74) is 5.30. The molecule has 0 aliphatic carbocycles. The molecule has 12 heavy (non-hydrogen) atoms. The predicted molar refractivity (Wildman–Crippen MR) is 46.6 cm³/mol. The summed E-state index contributed by atoms with van der Waals surface area (Å²) in [5, 5.41) is 6.71. The molecule has 0 saturated carbocycles. The first-order chi connectivity index (χ1) is 5.68. The average molecular weight is 230 g/mol. The van der Waals surface area contributed by atoms with Gasteiger partial charge in [0.05, 0.1) is 0 Å². The van der Waals surface area contributed by atoms with Gasteiger partial charge >= 0.3 is 0 Å². The van der Waals surface area contributed by atoms with Crippen LogP contribution in [0.15, 0.2) is 9.40 Å². The first-order valence-electron chi connectivity index (χ1n) is 3.08. The van der Waals surface area contributed by atoms with Crippen LogP contribution in [0.5, 0.6) is 0 Å². The number of nitrogens with one attached hydrogen (secondary N) is 2. The second kappa shape index (κ2) is 2.31. The highest BCUT2D eigenvalue weighted by atomic mass is 79.9. The third-order valence-electron chi connectivity index (χ3n) is 1.40. The van der Waals surface area contributed by atoms with Crippen molar-refractivity contribution in [1.82, 2.24) is 20.2 Å². The number of nitrogens with two attached hydrogens (primary N) is 1. The summed E-state index contributed by atoms with van der Waals surface area (Å²) in [4.78, 5) is 17.4. The molecule has 2 rings (SSSR count). The van der Waals surface area contributed by atoms with Crippen LogP contribution < -0.4 is 11.3 Å². The number of nitrogens with zero attached hydrogens (tertiary/aromatic N) is 2. The van der Waals surface area contributed by atoms with Crippen molar-refractivity contribution in [2.45, 2.75) is 0 Å². The Balaban J connectivity index is 3.03. The van der Waals surface area contributed by atoms with Crippen LogP contribution in [0.1, 0.15) is 0 Å². The predicted octanol–water partition coefficient (Wildman–Crippen LogP) is -0.00910. The van der Waals surface area contributed by atoms with Gasteiger partial charge in [0.25, 0.3) is 5.56 Å². The Kier molecular flexibility index (Phi) is 1.40. The molecule has 6 nitrogen and oxygen atoms in total. The van der Waals surface area contributed by atoms with Gasteiger partial charge in [-0.1, -0.05) is 0 Å². The van der Waals surface area contributed by atoms with Crippen molar-refractivity contribution in [2.24, 2.45) is 0 Å². The van der Waals surface area contributed by atoms with Crippen molar-refractivity contribution in [2.75, 3.05) is 5.73 Å². The number of anilines is 1. The number of halogens is 1. The van der Waals surface area contributed by atoms with Crippen LogP contribution in [0.4, 0.5) is 5.95 Å². The molecule has 0 aliphatic rings. The van der Waals surface area contributed by atoms with Crippen molar-refractivity contribution in [3.63, 3.8) is 0 Å². The van der Waals surface area contributed by atoms with Crippen molar-refractivity contribution in [1.29, 1.82) is 0 Å². The maximum atomic E-state index is 11.2. The van der Waals surface area contributed by atoms with E-state index in [9.17, 15) is 4.79 Å². The van der Waals surface area contributed by atoms with Gasteiger partial charge in [0, 0.05) is 0 Å². The molecule has 0 aliphatic heterocycles. The molecule has 0 fully saturated rings. The Bertz CT molecular complexity index is 486. The van der Waals surface area contributed by atoms with Crippen molar-refractivity contribution in [3.05, 3.63) is 15.0 Å². The van der Waals surface area contributed by atoms with Gasteiger partial charge in [0.2, 0.25) is 5.95 Å². The number of hydrogen-bond donors (Lipinski definition) is 3. The number of hydrogen-bond acceptors (Lipinski definition) is 4. The topological polar surface area (TPSA) is 100 Å². The number of aromatic nitrogens is 4. The summed E-state index contributed by atoms with van der Waals surface area (Å²) in [7, 11) is 0. The van der Waals surface area contributed by atoms with Crippen LogP contribution >= 0.6 is 15.9 Å². The van der Waals surface area contributed by atoms with Crippen LogP contribution in [0.3, 0.4) is 0 Å². The molecular weight excluding hydrogens is 226 g/mol. The molecule has 2 aromatic rings. The fourth-order valence-electron chi connectivity index (χ4n) is 0.915. The Morgan fingerprint density at radius 3 is 3.00 bits per heavy atom. The van der Waals surface area contributed by atoms with Gasteiger partial charge in [-0.3, -0.25) is 14.9 Å². The van der Waals surface area contributed by atoms with Gasteiger partial charge in [-0.05, 0) is 15.9 Å². The number of aromatic amines is 2. The van der Waals surface area contributed by atoms with Crippen molar-refractivity contribution in [3.8, 4) is 0 Å². The highest BCUT2D eigenvalue weighted by Crippen LogP contribution is 2.14.